The van der Waals surface area contributed by atoms with Gasteiger partial charge in [-0.1, -0.05) is 115 Å². The molecule has 4 nitrogen and oxygen atoms in total. The fourth-order valence-electron chi connectivity index (χ4n) is 3.36. The van der Waals surface area contributed by atoms with E-state index in [1.807, 2.05) is 12.4 Å². The first-order chi connectivity index (χ1) is 15.6. The van der Waals surface area contributed by atoms with Gasteiger partial charge in [0.15, 0.2) is 0 Å². The second kappa shape index (κ2) is 16.1. The highest BCUT2D eigenvalue weighted by atomic mass is 16.6. The van der Waals surface area contributed by atoms with Crippen LogP contribution < -0.4 is 0 Å². The van der Waals surface area contributed by atoms with Crippen molar-refractivity contribution in [2.75, 3.05) is 14.2 Å². The van der Waals surface area contributed by atoms with Crippen molar-refractivity contribution in [3.05, 3.63) is 70.8 Å². The molecule has 0 aliphatic heterocycles. The average molecular weight is 469 g/mol. The molecule has 0 aromatic heterocycles. The molecule has 0 saturated carbocycles. The van der Waals surface area contributed by atoms with Crippen LogP contribution in [0.4, 0.5) is 0 Å². The summed E-state index contributed by atoms with van der Waals surface area (Å²) >= 11 is 0. The van der Waals surface area contributed by atoms with Gasteiger partial charge in [0.05, 0.1) is 0 Å². The van der Waals surface area contributed by atoms with Gasteiger partial charge in [0.2, 0.25) is 0 Å². The molecular weight excluding hydrogens is 420 g/mol. The topological polar surface area (TPSA) is 43.2 Å². The van der Waals surface area contributed by atoms with Crippen molar-refractivity contribution in [2.45, 2.75) is 80.1 Å². The Labute approximate surface area is 209 Å². The molecule has 190 valence electrons. The van der Waals surface area contributed by atoms with Crippen molar-refractivity contribution >= 4 is 12.4 Å². The Morgan fingerprint density at radius 1 is 0.706 bits per heavy atom. The molecule has 0 amide bonds. The second-order valence-electron chi connectivity index (χ2n) is 10.1. The van der Waals surface area contributed by atoms with E-state index in [-0.39, 0.29) is 12.8 Å². The van der Waals surface area contributed by atoms with Crippen LogP contribution in [-0.2, 0) is 27.9 Å². The molecule has 0 aliphatic rings. The molecule has 0 N–H and O–H groups in total. The molecule has 4 heteroatoms. The van der Waals surface area contributed by atoms with Crippen LogP contribution in [0.25, 0.3) is 0 Å². The molecule has 2 unspecified atom stereocenters. The summed E-state index contributed by atoms with van der Waals surface area (Å²) in [7, 11) is 3.14. The zero-order valence-electron chi connectivity index (χ0n) is 22.1. The Balaban J connectivity index is 0.000000623. The molecule has 0 heterocycles. The van der Waals surface area contributed by atoms with Gasteiger partial charge in [-0.2, -0.15) is 0 Å². The van der Waals surface area contributed by atoms with Crippen LogP contribution in [0.3, 0.4) is 0 Å². The van der Waals surface area contributed by atoms with Crippen molar-refractivity contribution in [2.24, 2.45) is 22.1 Å². The first kappa shape index (κ1) is 31.4. The maximum absolute atomic E-state index is 4.68. The molecule has 0 aliphatic carbocycles. The minimum Gasteiger partial charge on any atom is -0.399 e. The van der Waals surface area contributed by atoms with Gasteiger partial charge in [-0.15, -0.1) is 0 Å². The minimum absolute atomic E-state index is 0. The maximum atomic E-state index is 4.68. The summed E-state index contributed by atoms with van der Waals surface area (Å²) in [4.78, 5) is 9.35. The summed E-state index contributed by atoms with van der Waals surface area (Å²) in [6.07, 6.45) is 5.69. The number of benzene rings is 2. The largest absolute Gasteiger partial charge is 0.399 e. The fraction of sp³-hybridized carbons (Fsp3) is 0.533. The highest BCUT2D eigenvalue weighted by Gasteiger charge is 2.13. The summed E-state index contributed by atoms with van der Waals surface area (Å²) < 4.78 is 0. The molecule has 2 aromatic carbocycles. The van der Waals surface area contributed by atoms with E-state index in [1.54, 1.807) is 14.2 Å². The lowest BCUT2D eigenvalue weighted by Crippen LogP contribution is -2.11. The minimum atomic E-state index is 0. The SMILES string of the molecule is C.CO/N=C/C(C)Cc1ccc(C(C)(C)C)cc1.CO/N=C/C(C)Cc1ccc(C(C)C)cc1. The van der Waals surface area contributed by atoms with E-state index in [2.05, 4.69) is 117 Å². The lowest BCUT2D eigenvalue weighted by Gasteiger charge is -2.19. The summed E-state index contributed by atoms with van der Waals surface area (Å²) in [5.41, 5.74) is 5.68. The predicted molar refractivity (Wildman–Crippen MR) is 149 cm³/mol. The maximum Gasteiger partial charge on any atom is 0.106 e. The fourth-order valence-corrected chi connectivity index (χ4v) is 3.36. The van der Waals surface area contributed by atoms with Gasteiger partial charge in [0.1, 0.15) is 14.2 Å². The highest BCUT2D eigenvalue weighted by Crippen LogP contribution is 2.22. The van der Waals surface area contributed by atoms with Crippen LogP contribution in [0.5, 0.6) is 0 Å². The lowest BCUT2D eigenvalue weighted by molar-refractivity contribution is 0.213. The van der Waals surface area contributed by atoms with E-state index < -0.39 is 0 Å². The van der Waals surface area contributed by atoms with Gasteiger partial charge in [-0.05, 0) is 58.3 Å². The van der Waals surface area contributed by atoms with Crippen LogP contribution in [0.15, 0.2) is 58.8 Å². The molecule has 34 heavy (non-hydrogen) atoms. The Morgan fingerprint density at radius 2 is 1.09 bits per heavy atom. The smallest absolute Gasteiger partial charge is 0.106 e. The predicted octanol–water partition coefficient (Wildman–Crippen LogP) is 8.05. The van der Waals surface area contributed by atoms with Gasteiger partial charge >= 0.3 is 0 Å². The number of hydrogen-bond acceptors (Lipinski definition) is 4. The Morgan fingerprint density at radius 3 is 1.41 bits per heavy atom. The highest BCUT2D eigenvalue weighted by molar-refractivity contribution is 5.60. The van der Waals surface area contributed by atoms with Crippen LogP contribution in [-0.4, -0.2) is 26.6 Å². The summed E-state index contributed by atoms with van der Waals surface area (Å²) in [5, 5.41) is 7.59. The number of oxime groups is 2. The van der Waals surface area contributed by atoms with Crippen molar-refractivity contribution in [1.82, 2.24) is 0 Å². The van der Waals surface area contributed by atoms with Gasteiger partial charge < -0.3 is 9.68 Å². The Kier molecular flexibility index (Phi) is 14.8. The quantitative estimate of drug-likeness (QED) is 0.276. The number of rotatable bonds is 9. The molecule has 2 rings (SSSR count). The van der Waals surface area contributed by atoms with Crippen molar-refractivity contribution in [3.8, 4) is 0 Å². The standard InChI is InChI=1S/C15H23NO.C14H21NO.CH4/c1-12(11-16-17-5)10-13-6-8-14(9-7-13)15(2,3)4;1-11(2)14-7-5-13(6-8-14)9-12(3)10-15-16-4;/h6-9,11-12H,10H2,1-5H3;5-8,10-12H,9H2,1-4H3;1H4/b16-11+;15-10+;. The van der Waals surface area contributed by atoms with E-state index in [4.69, 9.17) is 0 Å². The molecule has 2 atom stereocenters. The third-order valence-corrected chi connectivity index (χ3v) is 5.42. The number of nitrogens with zero attached hydrogens (tertiary/aromatic N) is 2. The summed E-state index contributed by atoms with van der Waals surface area (Å²) in [6.45, 7) is 15.4. The Bertz CT molecular complexity index is 832. The molecule has 0 spiro atoms. The first-order valence-corrected chi connectivity index (χ1v) is 11.9. The van der Waals surface area contributed by atoms with Crippen LogP contribution in [0, 0.1) is 11.8 Å². The van der Waals surface area contributed by atoms with Crippen LogP contribution in [0.2, 0.25) is 0 Å². The average Bonchev–Trinajstić information content (AvgIpc) is 2.77. The third-order valence-electron chi connectivity index (χ3n) is 5.42. The summed E-state index contributed by atoms with van der Waals surface area (Å²) in [5.74, 6) is 1.40. The summed E-state index contributed by atoms with van der Waals surface area (Å²) in [6, 6.07) is 17.7. The van der Waals surface area contributed by atoms with Gasteiger partial charge in [-0.25, -0.2) is 0 Å². The lowest BCUT2D eigenvalue weighted by atomic mass is 9.86. The molecule has 0 fully saturated rings. The molecular formula is C30H48N2O2. The zero-order valence-corrected chi connectivity index (χ0v) is 22.1. The van der Waals surface area contributed by atoms with E-state index in [0.29, 0.717) is 17.8 Å². The van der Waals surface area contributed by atoms with Gasteiger partial charge in [-0.3, -0.25) is 0 Å². The van der Waals surface area contributed by atoms with Crippen molar-refractivity contribution in [3.63, 3.8) is 0 Å². The van der Waals surface area contributed by atoms with E-state index in [1.165, 1.54) is 22.3 Å². The first-order valence-electron chi connectivity index (χ1n) is 11.9. The van der Waals surface area contributed by atoms with Crippen LogP contribution >= 0.6 is 0 Å². The Hall–Kier alpha value is -2.62. The third kappa shape index (κ3) is 12.6. The van der Waals surface area contributed by atoms with Gasteiger partial charge in [0.25, 0.3) is 0 Å². The molecule has 2 aromatic rings. The second-order valence-corrected chi connectivity index (χ2v) is 10.1. The van der Waals surface area contributed by atoms with Crippen LogP contribution in [0.1, 0.15) is 84.1 Å². The van der Waals surface area contributed by atoms with Crippen molar-refractivity contribution < 1.29 is 9.68 Å². The number of hydrogen-bond donors (Lipinski definition) is 0. The zero-order chi connectivity index (χ0) is 24.9. The molecule has 0 saturated heterocycles. The molecule has 0 bridgehead atoms. The van der Waals surface area contributed by atoms with E-state index in [0.717, 1.165) is 12.8 Å². The monoisotopic (exact) mass is 468 g/mol. The van der Waals surface area contributed by atoms with E-state index in [9.17, 15) is 0 Å². The van der Waals surface area contributed by atoms with E-state index >= 15 is 0 Å². The van der Waals surface area contributed by atoms with Crippen molar-refractivity contribution in [1.29, 1.82) is 0 Å². The normalized spacial score (nSPS) is 13.2. The molecule has 0 radical (unpaired) electrons. The van der Waals surface area contributed by atoms with Gasteiger partial charge in [0, 0.05) is 12.4 Å².